The van der Waals surface area contributed by atoms with Gasteiger partial charge in [0.05, 0.1) is 12.7 Å². The fourth-order valence-electron chi connectivity index (χ4n) is 2.87. The number of fused-ring (bicyclic) bond motifs is 1. The molecule has 3 rings (SSSR count). The summed E-state index contributed by atoms with van der Waals surface area (Å²) in [6.07, 6.45) is 2.79. The van der Waals surface area contributed by atoms with E-state index in [9.17, 15) is 9.59 Å². The first kappa shape index (κ1) is 17.7. The summed E-state index contributed by atoms with van der Waals surface area (Å²) in [6, 6.07) is 11.2. The van der Waals surface area contributed by atoms with E-state index in [0.29, 0.717) is 29.7 Å². The van der Waals surface area contributed by atoms with Gasteiger partial charge in [-0.15, -0.1) is 0 Å². The lowest BCUT2D eigenvalue weighted by molar-refractivity contribution is -0.140. The fraction of sp³-hybridized carbons (Fsp3) is 0.250. The van der Waals surface area contributed by atoms with Gasteiger partial charge in [-0.25, -0.2) is 4.98 Å². The van der Waals surface area contributed by atoms with Crippen LogP contribution in [0.5, 0.6) is 0 Å². The van der Waals surface area contributed by atoms with Crippen molar-refractivity contribution in [1.29, 1.82) is 0 Å². The van der Waals surface area contributed by atoms with Crippen LogP contribution in [0.4, 0.5) is 5.69 Å². The molecule has 0 bridgehead atoms. The molecule has 0 aliphatic heterocycles. The smallest absolute Gasteiger partial charge is 0.305 e. The predicted octanol–water partition coefficient (Wildman–Crippen LogP) is 3.31. The van der Waals surface area contributed by atoms with Gasteiger partial charge in [-0.2, -0.15) is 0 Å². The molecule has 0 aliphatic rings. The van der Waals surface area contributed by atoms with Gasteiger partial charge in [0, 0.05) is 29.7 Å². The molecule has 134 valence electrons. The van der Waals surface area contributed by atoms with Gasteiger partial charge in [0.2, 0.25) is 0 Å². The minimum atomic E-state index is -0.235. The summed E-state index contributed by atoms with van der Waals surface area (Å²) in [5.41, 5.74) is 4.79. The normalized spacial score (nSPS) is 10.7. The van der Waals surface area contributed by atoms with Crippen LogP contribution in [-0.2, 0) is 16.0 Å². The molecule has 3 aromatic rings. The Bertz CT molecular complexity index is 958. The standard InChI is InChI=1S/C20H21N3O3/c1-13-12-14(2)23-11-10-17(19(23)21-13)20(25)22-16-7-4-15(5-8-16)6-9-18(24)26-3/h4-5,7-8,10-12H,6,9H2,1-3H3,(H,22,25). The van der Waals surface area contributed by atoms with Crippen LogP contribution in [0, 0.1) is 13.8 Å². The Morgan fingerprint density at radius 2 is 1.88 bits per heavy atom. The molecule has 2 aromatic heterocycles. The Hall–Kier alpha value is -3.15. The number of amides is 1. The highest BCUT2D eigenvalue weighted by Crippen LogP contribution is 2.17. The molecule has 1 N–H and O–H groups in total. The van der Waals surface area contributed by atoms with E-state index < -0.39 is 0 Å². The number of carbonyl (C=O) groups is 2. The Balaban J connectivity index is 1.73. The quantitative estimate of drug-likeness (QED) is 0.716. The van der Waals surface area contributed by atoms with Crippen molar-refractivity contribution in [2.45, 2.75) is 26.7 Å². The number of ether oxygens (including phenoxy) is 1. The van der Waals surface area contributed by atoms with E-state index in [-0.39, 0.29) is 11.9 Å². The summed E-state index contributed by atoms with van der Waals surface area (Å²) < 4.78 is 6.54. The second-order valence-electron chi connectivity index (χ2n) is 6.19. The van der Waals surface area contributed by atoms with Crippen molar-refractivity contribution >= 4 is 23.2 Å². The average molecular weight is 351 g/mol. The number of hydrogen-bond acceptors (Lipinski definition) is 4. The van der Waals surface area contributed by atoms with Crippen molar-refractivity contribution in [2.75, 3.05) is 12.4 Å². The van der Waals surface area contributed by atoms with Crippen LogP contribution in [0.3, 0.4) is 0 Å². The van der Waals surface area contributed by atoms with Gasteiger partial charge >= 0.3 is 5.97 Å². The lowest BCUT2D eigenvalue weighted by Crippen LogP contribution is -2.12. The Morgan fingerprint density at radius 1 is 1.15 bits per heavy atom. The maximum absolute atomic E-state index is 12.6. The van der Waals surface area contributed by atoms with E-state index in [0.717, 1.165) is 17.0 Å². The number of nitrogens with one attached hydrogen (secondary N) is 1. The first-order chi connectivity index (χ1) is 12.5. The van der Waals surface area contributed by atoms with E-state index in [1.165, 1.54) is 7.11 Å². The van der Waals surface area contributed by atoms with Crippen molar-refractivity contribution in [1.82, 2.24) is 9.38 Å². The first-order valence-corrected chi connectivity index (χ1v) is 8.40. The summed E-state index contributed by atoms with van der Waals surface area (Å²) >= 11 is 0. The number of benzene rings is 1. The van der Waals surface area contributed by atoms with Crippen molar-refractivity contribution in [3.05, 3.63) is 65.1 Å². The van der Waals surface area contributed by atoms with Gasteiger partial charge in [-0.05, 0) is 50.1 Å². The van der Waals surface area contributed by atoms with Gasteiger partial charge < -0.3 is 14.5 Å². The summed E-state index contributed by atoms with van der Waals surface area (Å²) in [7, 11) is 1.38. The van der Waals surface area contributed by atoms with Gasteiger partial charge in [0.1, 0.15) is 5.65 Å². The van der Waals surface area contributed by atoms with Crippen molar-refractivity contribution in [2.24, 2.45) is 0 Å². The Morgan fingerprint density at radius 3 is 2.58 bits per heavy atom. The Labute approximate surface area is 151 Å². The fourth-order valence-corrected chi connectivity index (χ4v) is 2.87. The van der Waals surface area contributed by atoms with Gasteiger partial charge in [0.15, 0.2) is 0 Å². The highest BCUT2D eigenvalue weighted by atomic mass is 16.5. The molecule has 0 radical (unpaired) electrons. The molecule has 0 atom stereocenters. The lowest BCUT2D eigenvalue weighted by atomic mass is 10.1. The number of nitrogens with zero attached hydrogens (tertiary/aromatic N) is 2. The zero-order valence-corrected chi connectivity index (χ0v) is 15.1. The number of rotatable bonds is 5. The molecule has 0 fully saturated rings. The molecule has 2 heterocycles. The molecule has 1 amide bonds. The highest BCUT2D eigenvalue weighted by Gasteiger charge is 2.14. The van der Waals surface area contributed by atoms with Crippen LogP contribution in [0.15, 0.2) is 42.6 Å². The zero-order valence-electron chi connectivity index (χ0n) is 15.1. The van der Waals surface area contributed by atoms with Gasteiger partial charge in [-0.1, -0.05) is 12.1 Å². The molecular formula is C20H21N3O3. The van der Waals surface area contributed by atoms with Crippen molar-refractivity contribution < 1.29 is 14.3 Å². The molecule has 0 saturated carbocycles. The number of methoxy groups -OCH3 is 1. The Kier molecular flexibility index (Phi) is 5.02. The molecule has 6 heteroatoms. The molecule has 0 unspecified atom stereocenters. The van der Waals surface area contributed by atoms with E-state index in [1.807, 2.05) is 54.8 Å². The van der Waals surface area contributed by atoms with E-state index in [2.05, 4.69) is 15.0 Å². The van der Waals surface area contributed by atoms with Crippen LogP contribution >= 0.6 is 0 Å². The molecule has 1 aromatic carbocycles. The maximum Gasteiger partial charge on any atom is 0.305 e. The summed E-state index contributed by atoms with van der Waals surface area (Å²) in [6.45, 7) is 3.89. The molecule has 0 spiro atoms. The minimum Gasteiger partial charge on any atom is -0.469 e. The zero-order chi connectivity index (χ0) is 18.7. The van der Waals surface area contributed by atoms with Crippen LogP contribution in [0.25, 0.3) is 5.65 Å². The van der Waals surface area contributed by atoms with Crippen LogP contribution < -0.4 is 5.32 Å². The van der Waals surface area contributed by atoms with Crippen LogP contribution in [-0.4, -0.2) is 28.4 Å². The van der Waals surface area contributed by atoms with E-state index in [1.54, 1.807) is 6.07 Å². The topological polar surface area (TPSA) is 72.7 Å². The lowest BCUT2D eigenvalue weighted by Gasteiger charge is -2.07. The van der Waals surface area contributed by atoms with Gasteiger partial charge in [0.25, 0.3) is 5.91 Å². The number of hydrogen-bond donors (Lipinski definition) is 1. The summed E-state index contributed by atoms with van der Waals surface area (Å²) in [5, 5.41) is 2.89. The second kappa shape index (κ2) is 7.39. The molecular weight excluding hydrogens is 330 g/mol. The molecule has 26 heavy (non-hydrogen) atoms. The van der Waals surface area contributed by atoms with Crippen LogP contribution in [0.2, 0.25) is 0 Å². The third-order valence-corrected chi connectivity index (χ3v) is 4.24. The van der Waals surface area contributed by atoms with Crippen molar-refractivity contribution in [3.63, 3.8) is 0 Å². The minimum absolute atomic E-state index is 0.202. The molecule has 6 nitrogen and oxygen atoms in total. The highest BCUT2D eigenvalue weighted by molar-refractivity contribution is 6.08. The van der Waals surface area contributed by atoms with Gasteiger partial charge in [-0.3, -0.25) is 9.59 Å². The number of esters is 1. The number of aromatic nitrogens is 2. The summed E-state index contributed by atoms with van der Waals surface area (Å²) in [4.78, 5) is 28.3. The van der Waals surface area contributed by atoms with Crippen LogP contribution in [0.1, 0.15) is 33.7 Å². The predicted molar refractivity (Wildman–Crippen MR) is 99.4 cm³/mol. The third kappa shape index (κ3) is 3.74. The monoisotopic (exact) mass is 351 g/mol. The number of carbonyl (C=O) groups excluding carboxylic acids is 2. The summed E-state index contributed by atoms with van der Waals surface area (Å²) in [5.74, 6) is -0.437. The average Bonchev–Trinajstić information content (AvgIpc) is 3.05. The SMILES string of the molecule is COC(=O)CCc1ccc(NC(=O)c2ccn3c(C)cc(C)nc23)cc1. The van der Waals surface area contributed by atoms with E-state index >= 15 is 0 Å². The van der Waals surface area contributed by atoms with E-state index in [4.69, 9.17) is 0 Å². The maximum atomic E-state index is 12.6. The number of aryl methyl sites for hydroxylation is 3. The molecule has 0 aliphatic carbocycles. The second-order valence-corrected chi connectivity index (χ2v) is 6.19. The molecule has 0 saturated heterocycles. The third-order valence-electron chi connectivity index (χ3n) is 4.24. The van der Waals surface area contributed by atoms with Crippen molar-refractivity contribution in [3.8, 4) is 0 Å². The number of anilines is 1. The largest absolute Gasteiger partial charge is 0.469 e. The first-order valence-electron chi connectivity index (χ1n) is 8.40.